The largest absolute Gasteiger partial charge is 0.356 e. The molecule has 0 N–H and O–H groups in total. The normalized spacial score (nSPS) is 10.9. The van der Waals surface area contributed by atoms with Gasteiger partial charge < -0.3 is 4.90 Å². The van der Waals surface area contributed by atoms with Crippen molar-refractivity contribution in [3.05, 3.63) is 33.4 Å². The zero-order valence-electron chi connectivity index (χ0n) is 11.5. The van der Waals surface area contributed by atoms with E-state index in [1.807, 2.05) is 39.6 Å². The summed E-state index contributed by atoms with van der Waals surface area (Å²) in [6.07, 6.45) is 1.80. The number of anilines is 1. The summed E-state index contributed by atoms with van der Waals surface area (Å²) < 4.78 is 1.52. The van der Waals surface area contributed by atoms with E-state index in [4.69, 9.17) is 0 Å². The minimum Gasteiger partial charge on any atom is -0.344 e. The van der Waals surface area contributed by atoms with Crippen LogP contribution in [0.3, 0.4) is 0 Å². The van der Waals surface area contributed by atoms with E-state index in [1.165, 1.54) is 9.96 Å². The van der Waals surface area contributed by atoms with Crippen LogP contribution in [-0.4, -0.2) is 28.0 Å². The van der Waals surface area contributed by atoms with Gasteiger partial charge in [0.05, 0.1) is 0 Å². The monoisotopic (exact) mass is 246 g/mol. The SMILES string of the molecule is CCN(C)c1nc(=O)n2cc(C)c(C)c(C)c2n1. The van der Waals surface area contributed by atoms with Gasteiger partial charge in [-0.3, -0.25) is 4.40 Å². The number of pyridine rings is 1. The van der Waals surface area contributed by atoms with Gasteiger partial charge in [0.1, 0.15) is 5.65 Å². The first-order valence-corrected chi connectivity index (χ1v) is 6.04. The third-order valence-electron chi connectivity index (χ3n) is 3.46. The molecule has 0 fully saturated rings. The van der Waals surface area contributed by atoms with Crippen molar-refractivity contribution >= 4 is 11.6 Å². The Kier molecular flexibility index (Phi) is 3.07. The number of aryl methyl sites for hydroxylation is 2. The predicted molar refractivity (Wildman–Crippen MR) is 72.4 cm³/mol. The van der Waals surface area contributed by atoms with Gasteiger partial charge >= 0.3 is 5.69 Å². The van der Waals surface area contributed by atoms with Crippen molar-refractivity contribution < 1.29 is 0 Å². The van der Waals surface area contributed by atoms with Crippen molar-refractivity contribution in [1.82, 2.24) is 14.4 Å². The van der Waals surface area contributed by atoms with E-state index in [-0.39, 0.29) is 5.69 Å². The quantitative estimate of drug-likeness (QED) is 0.805. The van der Waals surface area contributed by atoms with Crippen molar-refractivity contribution in [3.8, 4) is 0 Å². The fourth-order valence-electron chi connectivity index (χ4n) is 1.85. The maximum atomic E-state index is 12.0. The highest BCUT2D eigenvalue weighted by molar-refractivity contribution is 5.54. The molecule has 0 radical (unpaired) electrons. The highest BCUT2D eigenvalue weighted by Crippen LogP contribution is 2.16. The van der Waals surface area contributed by atoms with Crippen LogP contribution >= 0.6 is 0 Å². The molecule has 0 saturated carbocycles. The minimum atomic E-state index is -0.276. The summed E-state index contributed by atoms with van der Waals surface area (Å²) in [5.41, 5.74) is 3.68. The van der Waals surface area contributed by atoms with E-state index in [1.54, 1.807) is 6.20 Å². The van der Waals surface area contributed by atoms with E-state index in [2.05, 4.69) is 9.97 Å². The number of nitrogens with zero attached hydrogens (tertiary/aromatic N) is 4. The van der Waals surface area contributed by atoms with Gasteiger partial charge in [0.15, 0.2) is 0 Å². The van der Waals surface area contributed by atoms with Crippen LogP contribution < -0.4 is 10.6 Å². The van der Waals surface area contributed by atoms with Crippen molar-refractivity contribution in [2.75, 3.05) is 18.5 Å². The second kappa shape index (κ2) is 4.40. The fourth-order valence-corrected chi connectivity index (χ4v) is 1.85. The fraction of sp³-hybridized carbons (Fsp3) is 0.462. The Balaban J connectivity index is 2.84. The van der Waals surface area contributed by atoms with Crippen LogP contribution in [0.4, 0.5) is 5.95 Å². The van der Waals surface area contributed by atoms with Gasteiger partial charge in [-0.1, -0.05) is 0 Å². The number of aromatic nitrogens is 3. The highest BCUT2D eigenvalue weighted by atomic mass is 16.1. The lowest BCUT2D eigenvalue weighted by atomic mass is 10.1. The van der Waals surface area contributed by atoms with E-state index < -0.39 is 0 Å². The Labute approximate surface area is 106 Å². The van der Waals surface area contributed by atoms with Gasteiger partial charge in [0.2, 0.25) is 5.95 Å². The molecule has 0 spiro atoms. The van der Waals surface area contributed by atoms with E-state index in [0.29, 0.717) is 11.6 Å². The molecule has 0 unspecified atom stereocenters. The molecular weight excluding hydrogens is 228 g/mol. The number of fused-ring (bicyclic) bond motifs is 1. The summed E-state index contributed by atoms with van der Waals surface area (Å²) in [4.78, 5) is 22.4. The first-order chi connectivity index (χ1) is 8.45. The zero-order chi connectivity index (χ0) is 13.4. The molecule has 2 rings (SSSR count). The van der Waals surface area contributed by atoms with E-state index in [9.17, 15) is 4.79 Å². The van der Waals surface area contributed by atoms with Gasteiger partial charge in [-0.15, -0.1) is 0 Å². The lowest BCUT2D eigenvalue weighted by Gasteiger charge is -2.16. The minimum absolute atomic E-state index is 0.276. The molecule has 2 aromatic rings. The summed E-state index contributed by atoms with van der Waals surface area (Å²) in [7, 11) is 1.88. The van der Waals surface area contributed by atoms with Gasteiger partial charge in [-0.05, 0) is 44.4 Å². The Morgan fingerprint density at radius 3 is 2.50 bits per heavy atom. The predicted octanol–water partition coefficient (Wildman–Crippen LogP) is 1.47. The van der Waals surface area contributed by atoms with Crippen LogP contribution in [0.25, 0.3) is 5.65 Å². The average Bonchev–Trinajstić information content (AvgIpc) is 2.36. The molecule has 2 aromatic heterocycles. The topological polar surface area (TPSA) is 50.5 Å². The molecule has 0 saturated heterocycles. The number of rotatable bonds is 2. The Hall–Kier alpha value is -1.91. The van der Waals surface area contributed by atoms with Gasteiger partial charge in [0.25, 0.3) is 0 Å². The van der Waals surface area contributed by atoms with Crippen molar-refractivity contribution in [3.63, 3.8) is 0 Å². The molecule has 5 heteroatoms. The third kappa shape index (κ3) is 1.85. The molecule has 0 aliphatic carbocycles. The first kappa shape index (κ1) is 12.5. The number of hydrogen-bond donors (Lipinski definition) is 0. The molecule has 18 heavy (non-hydrogen) atoms. The Morgan fingerprint density at radius 1 is 1.22 bits per heavy atom. The van der Waals surface area contributed by atoms with Crippen LogP contribution in [0, 0.1) is 20.8 Å². The van der Waals surface area contributed by atoms with Crippen molar-refractivity contribution in [1.29, 1.82) is 0 Å². The molecular formula is C13H18N4O. The molecule has 0 atom stereocenters. The van der Waals surface area contributed by atoms with Crippen LogP contribution in [0.5, 0.6) is 0 Å². The molecule has 0 bridgehead atoms. The molecule has 5 nitrogen and oxygen atoms in total. The second-order valence-corrected chi connectivity index (χ2v) is 4.58. The highest BCUT2D eigenvalue weighted by Gasteiger charge is 2.11. The van der Waals surface area contributed by atoms with Gasteiger partial charge in [0, 0.05) is 19.8 Å². The summed E-state index contributed by atoms with van der Waals surface area (Å²) in [5.74, 6) is 0.480. The van der Waals surface area contributed by atoms with Crippen LogP contribution in [0.15, 0.2) is 11.0 Å². The summed E-state index contributed by atoms with van der Waals surface area (Å²) in [6.45, 7) is 8.78. The van der Waals surface area contributed by atoms with Gasteiger partial charge in [-0.25, -0.2) is 4.79 Å². The first-order valence-electron chi connectivity index (χ1n) is 6.04. The summed E-state index contributed by atoms with van der Waals surface area (Å²) >= 11 is 0. The summed E-state index contributed by atoms with van der Waals surface area (Å²) in [5, 5.41) is 0. The number of hydrogen-bond acceptors (Lipinski definition) is 4. The zero-order valence-corrected chi connectivity index (χ0v) is 11.5. The molecule has 96 valence electrons. The summed E-state index contributed by atoms with van der Waals surface area (Å²) in [6, 6.07) is 0. The van der Waals surface area contributed by atoms with Crippen LogP contribution in [0.2, 0.25) is 0 Å². The van der Waals surface area contributed by atoms with Crippen molar-refractivity contribution in [2.45, 2.75) is 27.7 Å². The Bertz CT molecular complexity index is 660. The van der Waals surface area contributed by atoms with Crippen LogP contribution in [0.1, 0.15) is 23.6 Å². The maximum Gasteiger partial charge on any atom is 0.356 e. The molecule has 0 aliphatic heterocycles. The van der Waals surface area contributed by atoms with Crippen molar-refractivity contribution in [2.24, 2.45) is 0 Å². The molecule has 0 aromatic carbocycles. The smallest absolute Gasteiger partial charge is 0.344 e. The lowest BCUT2D eigenvalue weighted by molar-refractivity contribution is 0.849. The lowest BCUT2D eigenvalue weighted by Crippen LogP contribution is -2.27. The Morgan fingerprint density at radius 2 is 1.89 bits per heavy atom. The molecule has 0 aliphatic rings. The van der Waals surface area contributed by atoms with E-state index >= 15 is 0 Å². The maximum absolute atomic E-state index is 12.0. The third-order valence-corrected chi connectivity index (χ3v) is 3.46. The van der Waals surface area contributed by atoms with Crippen LogP contribution in [-0.2, 0) is 0 Å². The average molecular weight is 246 g/mol. The second-order valence-electron chi connectivity index (χ2n) is 4.58. The standard InChI is InChI=1S/C13H18N4O/c1-6-16(5)12-14-11-10(4)9(3)8(2)7-17(11)13(18)15-12/h7H,6H2,1-5H3. The molecule has 0 amide bonds. The van der Waals surface area contributed by atoms with E-state index in [0.717, 1.165) is 17.7 Å². The molecule has 2 heterocycles. The van der Waals surface area contributed by atoms with Gasteiger partial charge in [-0.2, -0.15) is 9.97 Å².